The highest BCUT2D eigenvalue weighted by atomic mass is 19.1. The van der Waals surface area contributed by atoms with Crippen LogP contribution in [0.1, 0.15) is 5.69 Å². The van der Waals surface area contributed by atoms with Crippen molar-refractivity contribution in [3.63, 3.8) is 0 Å². The third kappa shape index (κ3) is 4.05. The molecule has 0 aliphatic rings. The quantitative estimate of drug-likeness (QED) is 0.770. The lowest BCUT2D eigenvalue weighted by molar-refractivity contribution is 0.319. The van der Waals surface area contributed by atoms with E-state index in [2.05, 4.69) is 4.98 Å². The first-order chi connectivity index (χ1) is 9.15. The molecule has 0 radical (unpaired) electrons. The first-order valence-corrected chi connectivity index (χ1v) is 5.84. The zero-order valence-corrected chi connectivity index (χ0v) is 10.2. The van der Waals surface area contributed by atoms with Crippen LogP contribution < -0.4 is 10.2 Å². The van der Waals surface area contributed by atoms with Crippen LogP contribution in [0, 0.1) is 5.82 Å². The molecular formula is C13H13BFNO3. The van der Waals surface area contributed by atoms with E-state index < -0.39 is 12.9 Å². The van der Waals surface area contributed by atoms with E-state index in [1.165, 1.54) is 12.1 Å². The van der Waals surface area contributed by atoms with Gasteiger partial charge in [0.25, 0.3) is 0 Å². The van der Waals surface area contributed by atoms with Gasteiger partial charge in [-0.25, -0.2) is 4.39 Å². The van der Waals surface area contributed by atoms with Gasteiger partial charge in [-0.15, -0.1) is 0 Å². The summed E-state index contributed by atoms with van der Waals surface area (Å²) in [7, 11) is -1.71. The third-order valence-electron chi connectivity index (χ3n) is 2.54. The summed E-state index contributed by atoms with van der Waals surface area (Å²) in [5, 5.41) is 18.0. The van der Waals surface area contributed by atoms with Crippen molar-refractivity contribution < 1.29 is 19.2 Å². The Balaban J connectivity index is 1.96. The molecule has 19 heavy (non-hydrogen) atoms. The van der Waals surface area contributed by atoms with Gasteiger partial charge in [-0.2, -0.15) is 0 Å². The Kier molecular flexibility index (Phi) is 4.49. The van der Waals surface area contributed by atoms with Gasteiger partial charge in [0.15, 0.2) is 0 Å². The minimum Gasteiger partial charge on any atom is -0.493 e. The van der Waals surface area contributed by atoms with Crippen LogP contribution >= 0.6 is 0 Å². The molecule has 1 aromatic heterocycles. The Morgan fingerprint density at radius 1 is 1.21 bits per heavy atom. The van der Waals surface area contributed by atoms with Gasteiger partial charge >= 0.3 is 7.12 Å². The van der Waals surface area contributed by atoms with Crippen molar-refractivity contribution in [2.45, 2.75) is 6.42 Å². The van der Waals surface area contributed by atoms with Crippen molar-refractivity contribution >= 4 is 12.6 Å². The second-order valence-electron chi connectivity index (χ2n) is 4.01. The first-order valence-electron chi connectivity index (χ1n) is 5.84. The second kappa shape index (κ2) is 6.31. The maximum absolute atomic E-state index is 13.2. The maximum Gasteiger partial charge on any atom is 0.488 e. The summed E-state index contributed by atoms with van der Waals surface area (Å²) >= 11 is 0. The Bertz CT molecular complexity index is 537. The Morgan fingerprint density at radius 2 is 2.05 bits per heavy atom. The third-order valence-corrected chi connectivity index (χ3v) is 2.54. The van der Waals surface area contributed by atoms with Gasteiger partial charge in [0, 0.05) is 24.4 Å². The number of halogens is 1. The summed E-state index contributed by atoms with van der Waals surface area (Å²) in [5.41, 5.74) is 0.939. The van der Waals surface area contributed by atoms with Gasteiger partial charge in [0.2, 0.25) is 0 Å². The van der Waals surface area contributed by atoms with Crippen LogP contribution in [0.3, 0.4) is 0 Å². The van der Waals surface area contributed by atoms with E-state index in [0.717, 1.165) is 11.8 Å². The predicted molar refractivity (Wildman–Crippen MR) is 69.7 cm³/mol. The van der Waals surface area contributed by atoms with E-state index in [1.807, 2.05) is 18.2 Å². The van der Waals surface area contributed by atoms with Crippen molar-refractivity contribution in [3.8, 4) is 5.75 Å². The molecule has 0 unspecified atom stereocenters. The standard InChI is InChI=1S/C13H13BFNO3/c15-11-7-10(14(17)18)8-13(9-11)19-6-4-12-3-1-2-5-16-12/h1-3,5,7-9,17-18H,4,6H2. The molecule has 4 nitrogen and oxygen atoms in total. The molecule has 1 aromatic carbocycles. The number of nitrogens with zero attached hydrogens (tertiary/aromatic N) is 1. The van der Waals surface area contributed by atoms with Crippen molar-refractivity contribution in [1.29, 1.82) is 0 Å². The SMILES string of the molecule is OB(O)c1cc(F)cc(OCCc2ccccn2)c1. The van der Waals surface area contributed by atoms with Crippen molar-refractivity contribution in [2.75, 3.05) is 6.61 Å². The summed E-state index contributed by atoms with van der Waals surface area (Å²) in [4.78, 5) is 4.14. The van der Waals surface area contributed by atoms with Crippen molar-refractivity contribution in [2.24, 2.45) is 0 Å². The molecule has 0 spiro atoms. The summed E-state index contributed by atoms with van der Waals surface area (Å²) in [6.07, 6.45) is 2.28. The largest absolute Gasteiger partial charge is 0.493 e. The highest BCUT2D eigenvalue weighted by Gasteiger charge is 2.13. The van der Waals surface area contributed by atoms with Crippen LogP contribution in [0.2, 0.25) is 0 Å². The molecular weight excluding hydrogens is 248 g/mol. The van der Waals surface area contributed by atoms with Crippen LogP contribution in [0.15, 0.2) is 42.6 Å². The molecule has 0 atom stereocenters. The van der Waals surface area contributed by atoms with Gasteiger partial charge in [-0.05, 0) is 29.7 Å². The van der Waals surface area contributed by atoms with E-state index >= 15 is 0 Å². The Hall–Kier alpha value is -1.92. The number of pyridine rings is 1. The number of hydrogen-bond donors (Lipinski definition) is 2. The van der Waals surface area contributed by atoms with E-state index in [4.69, 9.17) is 14.8 Å². The maximum atomic E-state index is 13.2. The average Bonchev–Trinajstić information content (AvgIpc) is 2.39. The lowest BCUT2D eigenvalue weighted by Gasteiger charge is -2.08. The molecule has 1 heterocycles. The van der Waals surface area contributed by atoms with Crippen molar-refractivity contribution in [1.82, 2.24) is 4.98 Å². The van der Waals surface area contributed by atoms with Crippen molar-refractivity contribution in [3.05, 3.63) is 54.1 Å². The van der Waals surface area contributed by atoms with Gasteiger partial charge in [0.05, 0.1) is 6.61 Å². The van der Waals surface area contributed by atoms with Crippen LogP contribution in [0.5, 0.6) is 5.75 Å². The zero-order chi connectivity index (χ0) is 13.7. The van der Waals surface area contributed by atoms with Gasteiger partial charge in [-0.1, -0.05) is 6.07 Å². The number of aromatic nitrogens is 1. The van der Waals surface area contributed by atoms with E-state index in [-0.39, 0.29) is 11.2 Å². The highest BCUT2D eigenvalue weighted by molar-refractivity contribution is 6.58. The lowest BCUT2D eigenvalue weighted by Crippen LogP contribution is -2.30. The monoisotopic (exact) mass is 261 g/mol. The van der Waals surface area contributed by atoms with E-state index in [9.17, 15) is 4.39 Å². The zero-order valence-electron chi connectivity index (χ0n) is 10.2. The molecule has 2 aromatic rings. The van der Waals surface area contributed by atoms with Crippen LogP contribution in [0.4, 0.5) is 4.39 Å². The Labute approximate surface area is 110 Å². The van der Waals surface area contributed by atoms with Gasteiger partial charge in [-0.3, -0.25) is 4.98 Å². The molecule has 2 rings (SSSR count). The number of rotatable bonds is 5. The summed E-state index contributed by atoms with van der Waals surface area (Å²) in [6, 6.07) is 9.22. The fraction of sp³-hybridized carbons (Fsp3) is 0.154. The average molecular weight is 261 g/mol. The first kappa shape index (κ1) is 13.5. The lowest BCUT2D eigenvalue weighted by atomic mass is 9.80. The predicted octanol–water partition coefficient (Wildman–Crippen LogP) is 0.522. The molecule has 2 N–H and O–H groups in total. The molecule has 0 saturated heterocycles. The van der Waals surface area contributed by atoms with Gasteiger partial charge in [0.1, 0.15) is 11.6 Å². The summed E-state index contributed by atoms with van der Waals surface area (Å²) in [5.74, 6) is -0.308. The fourth-order valence-corrected chi connectivity index (χ4v) is 1.64. The molecule has 0 amide bonds. The van der Waals surface area contributed by atoms with Crippen LogP contribution in [0.25, 0.3) is 0 Å². The summed E-state index contributed by atoms with van der Waals surface area (Å²) in [6.45, 7) is 0.335. The molecule has 0 saturated carbocycles. The molecule has 98 valence electrons. The molecule has 6 heteroatoms. The summed E-state index contributed by atoms with van der Waals surface area (Å²) < 4.78 is 18.6. The molecule has 0 aliphatic heterocycles. The topological polar surface area (TPSA) is 62.6 Å². The number of benzene rings is 1. The van der Waals surface area contributed by atoms with Gasteiger partial charge < -0.3 is 14.8 Å². The van der Waals surface area contributed by atoms with Crippen LogP contribution in [-0.4, -0.2) is 28.8 Å². The van der Waals surface area contributed by atoms with Crippen LogP contribution in [-0.2, 0) is 6.42 Å². The van der Waals surface area contributed by atoms with E-state index in [1.54, 1.807) is 6.20 Å². The smallest absolute Gasteiger partial charge is 0.488 e. The Morgan fingerprint density at radius 3 is 2.74 bits per heavy atom. The molecule has 0 aliphatic carbocycles. The fourth-order valence-electron chi connectivity index (χ4n) is 1.64. The second-order valence-corrected chi connectivity index (χ2v) is 4.01. The molecule has 0 fully saturated rings. The van der Waals surface area contributed by atoms with E-state index in [0.29, 0.717) is 13.0 Å². The minimum atomic E-state index is -1.71. The number of ether oxygens (including phenoxy) is 1. The molecule has 0 bridgehead atoms. The minimum absolute atomic E-state index is 0.0628. The number of hydrogen-bond acceptors (Lipinski definition) is 4. The normalized spacial score (nSPS) is 10.3. The highest BCUT2D eigenvalue weighted by Crippen LogP contribution is 2.11.